The molecule has 25 heavy (non-hydrogen) atoms. The van der Waals surface area contributed by atoms with E-state index in [9.17, 15) is 9.18 Å². The van der Waals surface area contributed by atoms with Gasteiger partial charge in [-0.05, 0) is 56.9 Å². The fourth-order valence-corrected chi connectivity index (χ4v) is 3.25. The molecule has 0 aliphatic carbocycles. The Morgan fingerprint density at radius 1 is 1.32 bits per heavy atom. The highest BCUT2D eigenvalue weighted by Crippen LogP contribution is 2.24. The maximum Gasteiger partial charge on any atom is 0.274 e. The average molecular weight is 342 g/mol. The summed E-state index contributed by atoms with van der Waals surface area (Å²) in [5.41, 5.74) is 1.45. The number of nitrogens with one attached hydrogen (secondary N) is 1. The third kappa shape index (κ3) is 4.13. The molecule has 1 saturated heterocycles. The molecule has 0 spiro atoms. The Bertz CT molecular complexity index is 765. The summed E-state index contributed by atoms with van der Waals surface area (Å²) in [6, 6.07) is 7.89. The summed E-state index contributed by atoms with van der Waals surface area (Å²) in [7, 11) is 0. The van der Waals surface area contributed by atoms with Gasteiger partial charge in [-0.2, -0.15) is 0 Å². The lowest BCUT2D eigenvalue weighted by Gasteiger charge is -2.35. The lowest BCUT2D eigenvalue weighted by atomic mass is 10.0. The van der Waals surface area contributed by atoms with E-state index in [1.807, 2.05) is 6.92 Å². The number of rotatable bonds is 4. The summed E-state index contributed by atoms with van der Waals surface area (Å²) in [6.07, 6.45) is 4.48. The number of aromatic nitrogens is 2. The van der Waals surface area contributed by atoms with Crippen LogP contribution in [0.3, 0.4) is 0 Å². The Morgan fingerprint density at radius 3 is 2.92 bits per heavy atom. The van der Waals surface area contributed by atoms with Crippen LogP contribution in [0, 0.1) is 12.7 Å². The second kappa shape index (κ2) is 7.59. The molecule has 1 aromatic heterocycles. The van der Waals surface area contributed by atoms with Crippen molar-refractivity contribution in [3.8, 4) is 0 Å². The Kier molecular flexibility index (Phi) is 5.26. The molecular formula is C19H23FN4O. The van der Waals surface area contributed by atoms with E-state index in [4.69, 9.17) is 0 Å². The van der Waals surface area contributed by atoms with Gasteiger partial charge in [0.25, 0.3) is 5.91 Å². The summed E-state index contributed by atoms with van der Waals surface area (Å²) < 4.78 is 13.3. The van der Waals surface area contributed by atoms with Crippen molar-refractivity contribution in [2.24, 2.45) is 0 Å². The molecule has 1 N–H and O–H groups in total. The fourth-order valence-electron chi connectivity index (χ4n) is 3.25. The minimum atomic E-state index is -0.392. The lowest BCUT2D eigenvalue weighted by Crippen LogP contribution is -2.40. The Hall–Kier alpha value is -2.50. The van der Waals surface area contributed by atoms with E-state index in [0.29, 0.717) is 23.4 Å². The smallest absolute Gasteiger partial charge is 0.274 e. The Labute approximate surface area is 147 Å². The molecule has 1 amide bonds. The minimum Gasteiger partial charge on any atom is -0.338 e. The number of aryl methyl sites for hydroxylation is 1. The second-order valence-electron chi connectivity index (χ2n) is 6.41. The van der Waals surface area contributed by atoms with E-state index >= 15 is 0 Å². The standard InChI is InChI=1S/C19H23FN4O/c1-3-16-9-4-5-10-24(16)19-21-13(2)11-17(23-19)18(25)22-15-8-6-7-14(20)12-15/h6-8,11-12,16H,3-5,9-10H2,1-2H3,(H,22,25). The number of carbonyl (C=O) groups is 1. The van der Waals surface area contributed by atoms with E-state index in [2.05, 4.69) is 27.1 Å². The van der Waals surface area contributed by atoms with Crippen LogP contribution in [0.2, 0.25) is 0 Å². The van der Waals surface area contributed by atoms with Gasteiger partial charge in [-0.15, -0.1) is 0 Å². The summed E-state index contributed by atoms with van der Waals surface area (Å²) in [5, 5.41) is 2.69. The molecule has 132 valence electrons. The quantitative estimate of drug-likeness (QED) is 0.914. The third-order valence-electron chi connectivity index (χ3n) is 4.51. The number of hydrogen-bond donors (Lipinski definition) is 1. The van der Waals surface area contributed by atoms with Gasteiger partial charge >= 0.3 is 0 Å². The van der Waals surface area contributed by atoms with Gasteiger partial charge in [0.1, 0.15) is 11.5 Å². The molecule has 5 nitrogen and oxygen atoms in total. The first-order valence-electron chi connectivity index (χ1n) is 8.76. The number of halogens is 1. The number of amides is 1. The highest BCUT2D eigenvalue weighted by atomic mass is 19.1. The van der Waals surface area contributed by atoms with Crippen LogP contribution in [0.1, 0.15) is 48.8 Å². The SMILES string of the molecule is CCC1CCCCN1c1nc(C)cc(C(=O)Nc2cccc(F)c2)n1. The molecule has 1 aliphatic heterocycles. The maximum atomic E-state index is 13.3. The number of anilines is 2. The number of nitrogens with zero attached hydrogens (tertiary/aromatic N) is 3. The first-order valence-corrected chi connectivity index (χ1v) is 8.76. The Balaban J connectivity index is 1.84. The van der Waals surface area contributed by atoms with Crippen molar-refractivity contribution < 1.29 is 9.18 Å². The molecule has 0 radical (unpaired) electrons. The zero-order chi connectivity index (χ0) is 17.8. The van der Waals surface area contributed by atoms with Crippen molar-refractivity contribution in [2.45, 2.75) is 45.6 Å². The van der Waals surface area contributed by atoms with Crippen LogP contribution in [0.4, 0.5) is 16.0 Å². The minimum absolute atomic E-state index is 0.298. The number of benzene rings is 1. The largest absolute Gasteiger partial charge is 0.338 e. The predicted molar refractivity (Wildman–Crippen MR) is 96.4 cm³/mol. The molecule has 2 heterocycles. The molecule has 0 saturated carbocycles. The molecule has 1 fully saturated rings. The van der Waals surface area contributed by atoms with Gasteiger partial charge in [0.2, 0.25) is 5.95 Å². The van der Waals surface area contributed by atoms with Crippen molar-refractivity contribution >= 4 is 17.5 Å². The molecule has 2 aromatic rings. The second-order valence-corrected chi connectivity index (χ2v) is 6.41. The Morgan fingerprint density at radius 2 is 2.16 bits per heavy atom. The summed E-state index contributed by atoms with van der Waals surface area (Å²) in [4.78, 5) is 23.7. The molecular weight excluding hydrogens is 319 g/mol. The van der Waals surface area contributed by atoms with Crippen molar-refractivity contribution in [1.29, 1.82) is 0 Å². The summed E-state index contributed by atoms with van der Waals surface area (Å²) >= 11 is 0. The number of carbonyl (C=O) groups excluding carboxylic acids is 1. The van der Waals surface area contributed by atoms with Crippen LogP contribution in [0.25, 0.3) is 0 Å². The van der Waals surface area contributed by atoms with Crippen LogP contribution >= 0.6 is 0 Å². The third-order valence-corrected chi connectivity index (χ3v) is 4.51. The van der Waals surface area contributed by atoms with Gasteiger partial charge in [-0.3, -0.25) is 4.79 Å². The van der Waals surface area contributed by atoms with E-state index in [1.165, 1.54) is 18.6 Å². The van der Waals surface area contributed by atoms with Gasteiger partial charge in [-0.1, -0.05) is 13.0 Å². The van der Waals surface area contributed by atoms with E-state index in [0.717, 1.165) is 31.5 Å². The molecule has 0 bridgehead atoms. The lowest BCUT2D eigenvalue weighted by molar-refractivity contribution is 0.102. The first-order chi connectivity index (χ1) is 12.1. The maximum absolute atomic E-state index is 13.3. The molecule has 1 aliphatic rings. The fraction of sp³-hybridized carbons (Fsp3) is 0.421. The summed E-state index contributed by atoms with van der Waals surface area (Å²) in [6.45, 7) is 4.93. The summed E-state index contributed by atoms with van der Waals surface area (Å²) in [5.74, 6) is -0.144. The zero-order valence-corrected chi connectivity index (χ0v) is 14.6. The van der Waals surface area contributed by atoms with Crippen LogP contribution in [-0.4, -0.2) is 28.5 Å². The average Bonchev–Trinajstić information content (AvgIpc) is 2.61. The normalized spacial score (nSPS) is 17.4. The van der Waals surface area contributed by atoms with Crippen molar-refractivity contribution in [2.75, 3.05) is 16.8 Å². The molecule has 1 aromatic carbocycles. The molecule has 3 rings (SSSR count). The van der Waals surface area contributed by atoms with Crippen LogP contribution in [0.15, 0.2) is 30.3 Å². The van der Waals surface area contributed by atoms with Crippen LogP contribution in [0.5, 0.6) is 0 Å². The van der Waals surface area contributed by atoms with Crippen LogP contribution in [-0.2, 0) is 0 Å². The van der Waals surface area contributed by atoms with Gasteiger partial charge in [-0.25, -0.2) is 14.4 Å². The highest BCUT2D eigenvalue weighted by Gasteiger charge is 2.24. The highest BCUT2D eigenvalue weighted by molar-refractivity contribution is 6.03. The first kappa shape index (κ1) is 17.3. The molecule has 6 heteroatoms. The van der Waals surface area contributed by atoms with Crippen molar-refractivity contribution in [1.82, 2.24) is 9.97 Å². The van der Waals surface area contributed by atoms with E-state index in [1.54, 1.807) is 18.2 Å². The van der Waals surface area contributed by atoms with Crippen molar-refractivity contribution in [3.05, 3.63) is 47.5 Å². The molecule has 1 unspecified atom stereocenters. The molecule has 1 atom stereocenters. The predicted octanol–water partition coefficient (Wildman–Crippen LogP) is 3.95. The van der Waals surface area contributed by atoms with Gasteiger partial charge in [0.05, 0.1) is 0 Å². The topological polar surface area (TPSA) is 58.1 Å². The van der Waals surface area contributed by atoms with Gasteiger partial charge < -0.3 is 10.2 Å². The van der Waals surface area contributed by atoms with Gasteiger partial charge in [0.15, 0.2) is 0 Å². The van der Waals surface area contributed by atoms with E-state index < -0.39 is 5.82 Å². The van der Waals surface area contributed by atoms with Gasteiger partial charge in [0, 0.05) is 24.0 Å². The number of piperidine rings is 1. The van der Waals surface area contributed by atoms with E-state index in [-0.39, 0.29) is 5.91 Å². The number of hydrogen-bond acceptors (Lipinski definition) is 4. The zero-order valence-electron chi connectivity index (χ0n) is 14.6. The van der Waals surface area contributed by atoms with Crippen molar-refractivity contribution in [3.63, 3.8) is 0 Å². The van der Waals surface area contributed by atoms with Crippen LogP contribution < -0.4 is 10.2 Å². The monoisotopic (exact) mass is 342 g/mol.